The Balaban J connectivity index is 1.40. The predicted octanol–water partition coefficient (Wildman–Crippen LogP) is 3.08. The molecule has 35 heavy (non-hydrogen) atoms. The van der Waals surface area contributed by atoms with Crippen LogP contribution in [0.1, 0.15) is 24.8 Å². The Morgan fingerprint density at radius 1 is 1.00 bits per heavy atom. The van der Waals surface area contributed by atoms with Crippen molar-refractivity contribution in [1.82, 2.24) is 4.90 Å². The zero-order valence-corrected chi connectivity index (χ0v) is 20.3. The summed E-state index contributed by atoms with van der Waals surface area (Å²) in [6.07, 6.45) is 4.83. The quantitative estimate of drug-likeness (QED) is 0.427. The van der Waals surface area contributed by atoms with Crippen molar-refractivity contribution in [2.45, 2.75) is 31.1 Å². The number of ether oxygens (including phenoxy) is 1. The van der Waals surface area contributed by atoms with Crippen LogP contribution in [-0.2, 0) is 24.4 Å². The number of aryl methyl sites for hydroxylation is 1. The maximum Gasteiger partial charge on any atom is 0.262 e. The van der Waals surface area contributed by atoms with E-state index in [1.165, 1.54) is 18.1 Å². The number of nitrogens with one attached hydrogen (secondary N) is 2. The van der Waals surface area contributed by atoms with Gasteiger partial charge in [0, 0.05) is 24.3 Å². The van der Waals surface area contributed by atoms with Gasteiger partial charge in [-0.15, -0.1) is 0 Å². The third-order valence-corrected chi connectivity index (χ3v) is 7.79. The van der Waals surface area contributed by atoms with Crippen molar-refractivity contribution < 1.29 is 27.5 Å². The highest BCUT2D eigenvalue weighted by Gasteiger charge is 2.46. The summed E-state index contributed by atoms with van der Waals surface area (Å²) in [6.45, 7) is 1.65. The molecule has 9 nitrogen and oxygen atoms in total. The zero-order valence-electron chi connectivity index (χ0n) is 19.5. The van der Waals surface area contributed by atoms with Crippen LogP contribution in [0.2, 0.25) is 0 Å². The lowest BCUT2D eigenvalue weighted by atomic mass is 9.85. The topological polar surface area (TPSA) is 122 Å². The molecule has 0 bridgehead atoms. The molecule has 0 unspecified atom stereocenters. The lowest BCUT2D eigenvalue weighted by molar-refractivity contribution is -0.140. The average Bonchev–Trinajstić information content (AvgIpc) is 3.08. The van der Waals surface area contributed by atoms with Crippen LogP contribution >= 0.6 is 0 Å². The van der Waals surface area contributed by atoms with Crippen molar-refractivity contribution in [3.63, 3.8) is 0 Å². The molecule has 1 fully saturated rings. The average molecular weight is 498 g/mol. The molecule has 2 aromatic rings. The van der Waals surface area contributed by atoms with Gasteiger partial charge in [-0.25, -0.2) is 8.42 Å². The predicted molar refractivity (Wildman–Crippen MR) is 130 cm³/mol. The first-order valence-electron chi connectivity index (χ1n) is 11.3. The normalized spacial score (nSPS) is 19.4. The number of imide groups is 1. The minimum absolute atomic E-state index is 0.00740. The van der Waals surface area contributed by atoms with Crippen LogP contribution in [0.5, 0.6) is 5.75 Å². The number of anilines is 2. The van der Waals surface area contributed by atoms with Crippen LogP contribution in [0, 0.1) is 18.8 Å². The second kappa shape index (κ2) is 9.91. The number of hydrogen-bond acceptors (Lipinski definition) is 6. The number of sulfonamides is 1. The summed E-state index contributed by atoms with van der Waals surface area (Å²) in [7, 11) is -2.40. The van der Waals surface area contributed by atoms with Crippen molar-refractivity contribution in [1.29, 1.82) is 0 Å². The van der Waals surface area contributed by atoms with Crippen molar-refractivity contribution in [2.24, 2.45) is 11.8 Å². The molecular formula is C25H27N3O6S. The fourth-order valence-electron chi connectivity index (χ4n) is 4.36. The minimum Gasteiger partial charge on any atom is -0.497 e. The lowest BCUT2D eigenvalue weighted by Crippen LogP contribution is -2.34. The maximum absolute atomic E-state index is 13.0. The van der Waals surface area contributed by atoms with Crippen LogP contribution < -0.4 is 14.8 Å². The minimum atomic E-state index is -3.92. The Labute approximate surface area is 204 Å². The monoisotopic (exact) mass is 497 g/mol. The van der Waals surface area contributed by atoms with Gasteiger partial charge in [-0.1, -0.05) is 18.2 Å². The Kier molecular flexibility index (Phi) is 6.93. The molecular weight excluding hydrogens is 470 g/mol. The molecule has 0 saturated carbocycles. The number of methoxy groups -OCH3 is 1. The highest BCUT2D eigenvalue weighted by molar-refractivity contribution is 7.92. The van der Waals surface area contributed by atoms with Crippen molar-refractivity contribution in [3.05, 3.63) is 60.2 Å². The number of carbonyl (C=O) groups excluding carboxylic acids is 3. The van der Waals surface area contributed by atoms with E-state index >= 15 is 0 Å². The van der Waals surface area contributed by atoms with E-state index in [-0.39, 0.29) is 41.5 Å². The number of benzene rings is 2. The molecule has 4 rings (SSSR count). The van der Waals surface area contributed by atoms with Crippen molar-refractivity contribution >= 4 is 39.1 Å². The van der Waals surface area contributed by atoms with Crippen LogP contribution in [0.15, 0.2) is 59.5 Å². The molecule has 184 valence electrons. The first-order valence-corrected chi connectivity index (χ1v) is 12.8. The fraction of sp³-hybridized carbons (Fsp3) is 0.320. The van der Waals surface area contributed by atoms with Crippen LogP contribution in [-0.4, -0.2) is 44.7 Å². The molecule has 3 amide bonds. The number of likely N-dealkylation sites (tertiary alicyclic amines) is 1. The number of rotatable bonds is 8. The highest BCUT2D eigenvalue weighted by atomic mass is 32.2. The van der Waals surface area contributed by atoms with E-state index in [1.54, 1.807) is 43.3 Å². The Hall–Kier alpha value is -3.66. The molecule has 2 aromatic carbocycles. The summed E-state index contributed by atoms with van der Waals surface area (Å²) in [5.41, 5.74) is 1.18. The molecule has 2 N–H and O–H groups in total. The van der Waals surface area contributed by atoms with Gasteiger partial charge in [0.05, 0.1) is 23.8 Å². The van der Waals surface area contributed by atoms with Crippen LogP contribution in [0.4, 0.5) is 11.4 Å². The van der Waals surface area contributed by atoms with Crippen LogP contribution in [0.3, 0.4) is 0 Å². The third-order valence-electron chi connectivity index (χ3n) is 6.26. The van der Waals surface area contributed by atoms with Gasteiger partial charge in [0.1, 0.15) is 5.75 Å². The van der Waals surface area contributed by atoms with Crippen LogP contribution in [0.25, 0.3) is 0 Å². The van der Waals surface area contributed by atoms with Gasteiger partial charge >= 0.3 is 0 Å². The fourth-order valence-corrected chi connectivity index (χ4v) is 5.69. The highest BCUT2D eigenvalue weighted by Crippen LogP contribution is 2.35. The number of allylic oxidation sites excluding steroid dienone is 2. The molecule has 1 saturated heterocycles. The van der Waals surface area contributed by atoms with E-state index in [0.29, 0.717) is 35.5 Å². The summed E-state index contributed by atoms with van der Waals surface area (Å²) in [6, 6.07) is 11.0. The van der Waals surface area contributed by atoms with E-state index in [9.17, 15) is 22.8 Å². The molecule has 0 aromatic heterocycles. The van der Waals surface area contributed by atoms with Gasteiger partial charge in [0.2, 0.25) is 17.7 Å². The summed E-state index contributed by atoms with van der Waals surface area (Å²) in [5.74, 6) is -0.955. The largest absolute Gasteiger partial charge is 0.497 e. The summed E-state index contributed by atoms with van der Waals surface area (Å²) >= 11 is 0. The van der Waals surface area contributed by atoms with Gasteiger partial charge in [-0.3, -0.25) is 24.0 Å². The van der Waals surface area contributed by atoms with Gasteiger partial charge < -0.3 is 10.1 Å². The van der Waals surface area contributed by atoms with Gasteiger partial charge in [-0.2, -0.15) is 0 Å². The summed E-state index contributed by atoms with van der Waals surface area (Å²) < 4.78 is 33.5. The van der Waals surface area contributed by atoms with Gasteiger partial charge in [-0.05, 0) is 61.7 Å². The number of fused-ring (bicyclic) bond motifs is 1. The number of nitrogens with zero attached hydrogens (tertiary/aromatic N) is 1. The molecule has 10 heteroatoms. The van der Waals surface area contributed by atoms with E-state index in [1.807, 2.05) is 12.2 Å². The Morgan fingerprint density at radius 3 is 2.20 bits per heavy atom. The first-order chi connectivity index (χ1) is 16.7. The number of carbonyl (C=O) groups is 3. The second-order valence-electron chi connectivity index (χ2n) is 8.60. The standard InChI is InChI=1S/C25H27N3O6S/c1-16-7-8-18(15-22(16)35(32,33)27-17-9-11-19(34-2)12-10-17)26-23(29)13-14-28-24(30)20-5-3-4-6-21(20)25(28)31/h3-4,7-12,15,20-21,27H,5-6,13-14H2,1-2H3,(H,26,29)/t20-,21+. The lowest BCUT2D eigenvalue weighted by Gasteiger charge is -2.15. The van der Waals surface area contributed by atoms with E-state index in [2.05, 4.69) is 10.0 Å². The number of amides is 3. The smallest absolute Gasteiger partial charge is 0.262 e. The Bertz CT molecular complexity index is 1260. The third kappa shape index (κ3) is 5.22. The summed E-state index contributed by atoms with van der Waals surface area (Å²) in [5, 5.41) is 2.67. The molecule has 0 spiro atoms. The second-order valence-corrected chi connectivity index (χ2v) is 10.2. The maximum atomic E-state index is 13.0. The zero-order chi connectivity index (χ0) is 25.2. The Morgan fingerprint density at radius 2 is 1.60 bits per heavy atom. The SMILES string of the molecule is COc1ccc(NS(=O)(=O)c2cc(NC(=O)CCN3C(=O)[C@H]4CC=CC[C@H]4C3=O)ccc2C)cc1. The molecule has 1 aliphatic carbocycles. The van der Waals surface area contributed by atoms with Crippen molar-refractivity contribution in [3.8, 4) is 5.75 Å². The molecule has 2 aliphatic rings. The first kappa shape index (κ1) is 24.5. The molecule has 1 aliphatic heterocycles. The number of hydrogen-bond donors (Lipinski definition) is 2. The van der Waals surface area contributed by atoms with Gasteiger partial charge in [0.25, 0.3) is 10.0 Å². The van der Waals surface area contributed by atoms with Crippen molar-refractivity contribution in [2.75, 3.05) is 23.7 Å². The summed E-state index contributed by atoms with van der Waals surface area (Å²) in [4.78, 5) is 38.9. The van der Waals surface area contributed by atoms with E-state index in [4.69, 9.17) is 4.74 Å². The molecule has 2 atom stereocenters. The molecule has 1 heterocycles. The van der Waals surface area contributed by atoms with E-state index < -0.39 is 15.9 Å². The van der Waals surface area contributed by atoms with E-state index in [0.717, 1.165) is 0 Å². The molecule has 0 radical (unpaired) electrons. The van der Waals surface area contributed by atoms with Gasteiger partial charge in [0.15, 0.2) is 0 Å².